The molecule has 1 heterocycles. The van der Waals surface area contributed by atoms with Gasteiger partial charge in [0.2, 0.25) is 0 Å². The van der Waals surface area contributed by atoms with E-state index in [2.05, 4.69) is 111 Å². The zero-order valence-corrected chi connectivity index (χ0v) is 39.2. The number of carbonyl (C=O) groups is 3. The van der Waals surface area contributed by atoms with Crippen molar-refractivity contribution >= 4 is 17.9 Å². The van der Waals surface area contributed by atoms with Crippen LogP contribution in [0.2, 0.25) is 0 Å². The van der Waals surface area contributed by atoms with Crippen molar-refractivity contribution in [2.75, 3.05) is 13.2 Å². The fraction of sp³-hybridized carbons (Fsp3) is 0.642. The molecule has 0 aromatic rings. The Morgan fingerprint density at radius 1 is 0.484 bits per heavy atom. The minimum atomic E-state index is -1.87. The van der Waals surface area contributed by atoms with E-state index in [9.17, 15) is 34.8 Å². The molecule has 11 heteroatoms. The van der Waals surface area contributed by atoms with E-state index in [-0.39, 0.29) is 19.4 Å². The van der Waals surface area contributed by atoms with Crippen LogP contribution < -0.4 is 0 Å². The molecule has 64 heavy (non-hydrogen) atoms. The zero-order valence-electron chi connectivity index (χ0n) is 39.2. The molecule has 4 N–H and O–H groups in total. The highest BCUT2D eigenvalue weighted by atomic mass is 16.7. The Morgan fingerprint density at radius 3 is 1.31 bits per heavy atom. The quantitative estimate of drug-likeness (QED) is 0.0263. The summed E-state index contributed by atoms with van der Waals surface area (Å²) in [5.41, 5.74) is 0. The summed E-state index contributed by atoms with van der Waals surface area (Å²) in [4.78, 5) is 37.0. The monoisotopic (exact) mass is 897 g/mol. The number of unbranched alkanes of at least 4 members (excludes halogenated alkanes) is 12. The molecule has 0 spiro atoms. The van der Waals surface area contributed by atoms with Crippen molar-refractivity contribution in [2.45, 2.75) is 205 Å². The third kappa shape index (κ3) is 32.7. The van der Waals surface area contributed by atoms with Crippen LogP contribution in [0.25, 0.3) is 0 Å². The molecule has 1 rings (SSSR count). The Bertz CT molecular complexity index is 1420. The van der Waals surface area contributed by atoms with Gasteiger partial charge < -0.3 is 39.4 Å². The molecule has 6 atom stereocenters. The number of carbonyl (C=O) groups excluding carboxylic acids is 2. The average Bonchev–Trinajstić information content (AvgIpc) is 3.28. The second-order valence-corrected chi connectivity index (χ2v) is 16.2. The second-order valence-electron chi connectivity index (χ2n) is 16.2. The maximum Gasteiger partial charge on any atom is 0.335 e. The van der Waals surface area contributed by atoms with Gasteiger partial charge in [-0.3, -0.25) is 9.59 Å². The van der Waals surface area contributed by atoms with E-state index in [0.717, 1.165) is 128 Å². The molecule has 0 saturated carbocycles. The standard InChI is InChI=1S/C53H84O11/c1-3-5-7-9-11-13-15-17-19-21-23-25-27-29-31-33-35-37-39-41-46(54)61-43-45(44-62-53-50(58)48(56)49(57)51(64-53)52(59)60)63-47(55)42-40-38-36-34-32-30-28-26-24-22-20-18-16-14-12-10-8-6-4-2/h5-8,11-14,17-20,23-26,45,48-51,53,56-58H,3-4,9-10,15-16,21-22,27-44H2,1-2H3,(H,59,60)/b7-5-,8-6-,13-11-,14-12-,19-17-,20-18-,25-23-,26-24-. The van der Waals surface area contributed by atoms with Crippen LogP contribution >= 0.6 is 0 Å². The number of hydrogen-bond acceptors (Lipinski definition) is 10. The first-order valence-corrected chi connectivity index (χ1v) is 24.3. The van der Waals surface area contributed by atoms with E-state index < -0.39 is 61.3 Å². The van der Waals surface area contributed by atoms with Gasteiger partial charge in [-0.15, -0.1) is 0 Å². The van der Waals surface area contributed by atoms with Gasteiger partial charge in [0.15, 0.2) is 18.5 Å². The lowest BCUT2D eigenvalue weighted by Gasteiger charge is -2.38. The van der Waals surface area contributed by atoms with Gasteiger partial charge in [0.25, 0.3) is 0 Å². The van der Waals surface area contributed by atoms with Crippen LogP contribution in [0, 0.1) is 0 Å². The molecule has 11 nitrogen and oxygen atoms in total. The van der Waals surface area contributed by atoms with Gasteiger partial charge in [0.05, 0.1) is 6.61 Å². The molecule has 0 radical (unpaired) electrons. The maximum absolute atomic E-state index is 12.8. The van der Waals surface area contributed by atoms with Crippen molar-refractivity contribution in [3.63, 3.8) is 0 Å². The first-order valence-electron chi connectivity index (χ1n) is 24.3. The van der Waals surface area contributed by atoms with E-state index in [1.54, 1.807) is 0 Å². The minimum Gasteiger partial charge on any atom is -0.479 e. The lowest BCUT2D eigenvalue weighted by Crippen LogP contribution is -2.60. The van der Waals surface area contributed by atoms with E-state index in [4.69, 9.17) is 18.9 Å². The van der Waals surface area contributed by atoms with Crippen LogP contribution in [0.3, 0.4) is 0 Å². The SMILES string of the molecule is CC/C=C\C/C=C\C/C=C\C/C=C\CCCCCCCCC(=O)OCC(COC1OC(C(=O)O)C(O)C(O)C1O)OC(=O)CCCCCCCC/C=C\C/C=C\C/C=C\C/C=C\CC. The molecular formula is C53H84O11. The number of carboxylic acid groups (broad SMARTS) is 1. The second kappa shape index (κ2) is 41.8. The lowest BCUT2D eigenvalue weighted by molar-refractivity contribution is -0.298. The molecule has 1 aliphatic rings. The van der Waals surface area contributed by atoms with Crippen LogP contribution in [0.5, 0.6) is 0 Å². The number of ether oxygens (including phenoxy) is 4. The van der Waals surface area contributed by atoms with E-state index in [1.807, 2.05) is 0 Å². The molecule has 1 aliphatic heterocycles. The molecule has 1 fully saturated rings. The first kappa shape index (κ1) is 58.1. The highest BCUT2D eigenvalue weighted by Crippen LogP contribution is 2.23. The van der Waals surface area contributed by atoms with Crippen molar-refractivity contribution in [1.82, 2.24) is 0 Å². The summed E-state index contributed by atoms with van der Waals surface area (Å²) in [6.45, 7) is 3.56. The minimum absolute atomic E-state index is 0.157. The van der Waals surface area contributed by atoms with Crippen LogP contribution in [0.15, 0.2) is 97.2 Å². The number of hydrogen-bond donors (Lipinski definition) is 4. The predicted molar refractivity (Wildman–Crippen MR) is 256 cm³/mol. The molecule has 0 bridgehead atoms. The van der Waals surface area contributed by atoms with Crippen molar-refractivity contribution < 1.29 is 53.8 Å². The summed E-state index contributed by atoms with van der Waals surface area (Å²) in [5.74, 6) is -2.49. The highest BCUT2D eigenvalue weighted by molar-refractivity contribution is 5.73. The van der Waals surface area contributed by atoms with Crippen LogP contribution in [0.4, 0.5) is 0 Å². The van der Waals surface area contributed by atoms with Gasteiger partial charge in [-0.1, -0.05) is 162 Å². The fourth-order valence-corrected chi connectivity index (χ4v) is 6.68. The third-order valence-electron chi connectivity index (χ3n) is 10.4. The fourth-order valence-electron chi connectivity index (χ4n) is 6.68. The van der Waals surface area contributed by atoms with Crippen LogP contribution in [-0.4, -0.2) is 88.4 Å². The van der Waals surface area contributed by atoms with E-state index >= 15 is 0 Å². The lowest BCUT2D eigenvalue weighted by atomic mass is 9.99. The summed E-state index contributed by atoms with van der Waals surface area (Å²) < 4.78 is 21.8. The summed E-state index contributed by atoms with van der Waals surface area (Å²) in [7, 11) is 0. The Labute approximate surface area is 385 Å². The number of aliphatic hydroxyl groups is 3. The molecule has 362 valence electrons. The molecule has 0 aliphatic carbocycles. The maximum atomic E-state index is 12.8. The average molecular weight is 897 g/mol. The Kier molecular flexibility index (Phi) is 38.0. The molecule has 1 saturated heterocycles. The number of allylic oxidation sites excluding steroid dienone is 16. The molecular weight excluding hydrogens is 813 g/mol. The van der Waals surface area contributed by atoms with Crippen molar-refractivity contribution in [3.8, 4) is 0 Å². The number of aliphatic carboxylic acids is 1. The topological polar surface area (TPSA) is 169 Å². The van der Waals surface area contributed by atoms with Crippen molar-refractivity contribution in [2.24, 2.45) is 0 Å². The van der Waals surface area contributed by atoms with Gasteiger partial charge in [0, 0.05) is 12.8 Å². The summed E-state index contributed by atoms with van der Waals surface area (Å²) in [5, 5.41) is 39.9. The molecule has 0 aromatic heterocycles. The van der Waals surface area contributed by atoms with Gasteiger partial charge in [-0.2, -0.15) is 0 Å². The largest absolute Gasteiger partial charge is 0.479 e. The highest BCUT2D eigenvalue weighted by Gasteiger charge is 2.47. The summed E-state index contributed by atoms with van der Waals surface area (Å²) in [6, 6.07) is 0. The number of esters is 2. The molecule has 0 amide bonds. The van der Waals surface area contributed by atoms with Gasteiger partial charge in [-0.25, -0.2) is 4.79 Å². The summed E-state index contributed by atoms with van der Waals surface area (Å²) in [6.07, 6.45) is 47.3. The summed E-state index contributed by atoms with van der Waals surface area (Å²) >= 11 is 0. The Morgan fingerprint density at radius 2 is 0.875 bits per heavy atom. The van der Waals surface area contributed by atoms with Crippen LogP contribution in [-0.2, 0) is 33.3 Å². The zero-order chi connectivity index (χ0) is 46.7. The molecule has 0 aromatic carbocycles. The van der Waals surface area contributed by atoms with Crippen molar-refractivity contribution in [1.29, 1.82) is 0 Å². The Balaban J connectivity index is 2.36. The smallest absolute Gasteiger partial charge is 0.335 e. The molecule has 6 unspecified atom stereocenters. The first-order chi connectivity index (χ1) is 31.2. The van der Waals surface area contributed by atoms with E-state index in [0.29, 0.717) is 12.8 Å². The third-order valence-corrected chi connectivity index (χ3v) is 10.4. The van der Waals surface area contributed by atoms with E-state index in [1.165, 1.54) is 0 Å². The van der Waals surface area contributed by atoms with Gasteiger partial charge in [-0.05, 0) is 89.9 Å². The Hall–Kier alpha value is -3.87. The van der Waals surface area contributed by atoms with Crippen LogP contribution in [0.1, 0.15) is 168 Å². The normalized spacial score (nSPS) is 20.2. The van der Waals surface area contributed by atoms with Gasteiger partial charge >= 0.3 is 17.9 Å². The van der Waals surface area contributed by atoms with Crippen molar-refractivity contribution in [3.05, 3.63) is 97.2 Å². The van der Waals surface area contributed by atoms with Gasteiger partial charge in [0.1, 0.15) is 24.9 Å². The number of carboxylic acids is 1. The predicted octanol–water partition coefficient (Wildman–Crippen LogP) is 11.2. The number of aliphatic hydroxyl groups excluding tert-OH is 3. The number of rotatable bonds is 39.